The highest BCUT2D eigenvalue weighted by molar-refractivity contribution is 7.16. The maximum Gasteiger partial charge on any atom is 0.226 e. The summed E-state index contributed by atoms with van der Waals surface area (Å²) in [6.07, 6.45) is 3.98. The monoisotopic (exact) mass is 407 g/mol. The topological polar surface area (TPSA) is 62.2 Å². The fraction of sp³-hybridized carbons (Fsp3) is 0.455. The van der Waals surface area contributed by atoms with Crippen molar-refractivity contribution in [1.29, 1.82) is 0 Å². The number of thiazole rings is 1. The van der Waals surface area contributed by atoms with E-state index in [0.29, 0.717) is 11.9 Å². The van der Waals surface area contributed by atoms with E-state index in [4.69, 9.17) is 0 Å². The summed E-state index contributed by atoms with van der Waals surface area (Å²) < 4.78 is 1.29. The predicted octanol–water partition coefficient (Wildman–Crippen LogP) is 3.45. The van der Waals surface area contributed by atoms with Gasteiger partial charge in [-0.2, -0.15) is 5.10 Å². The van der Waals surface area contributed by atoms with E-state index < -0.39 is 0 Å². The molecule has 2 saturated heterocycles. The van der Waals surface area contributed by atoms with Crippen molar-refractivity contribution in [3.8, 4) is 0 Å². The van der Waals surface area contributed by atoms with E-state index in [0.717, 1.165) is 62.3 Å². The number of aromatic nitrogens is 3. The molecule has 2 aromatic heterocycles. The van der Waals surface area contributed by atoms with Crippen molar-refractivity contribution in [2.45, 2.75) is 38.6 Å². The van der Waals surface area contributed by atoms with E-state index in [1.807, 2.05) is 24.6 Å². The van der Waals surface area contributed by atoms with Crippen LogP contribution in [-0.2, 0) is 11.2 Å². The lowest BCUT2D eigenvalue weighted by Crippen LogP contribution is -2.51. The maximum atomic E-state index is 12.9. The molecule has 2 atom stereocenters. The number of rotatable bonds is 5. The highest BCUT2D eigenvalue weighted by Gasteiger charge is 2.42. The van der Waals surface area contributed by atoms with Crippen molar-refractivity contribution < 1.29 is 4.79 Å². The van der Waals surface area contributed by atoms with E-state index in [1.54, 1.807) is 11.3 Å². The molecule has 4 heterocycles. The third kappa shape index (κ3) is 3.59. The Labute approximate surface area is 174 Å². The number of nitrogens with zero attached hydrogens (tertiary/aromatic N) is 5. The van der Waals surface area contributed by atoms with Crippen LogP contribution in [0.25, 0.3) is 10.2 Å². The SMILES string of the molecule is Cc1ccc(N2CCN3C(=O)[C@@H](CCCc4cccc5ncsc45)C[C@H]3C2)nn1. The van der Waals surface area contributed by atoms with E-state index >= 15 is 0 Å². The van der Waals surface area contributed by atoms with Gasteiger partial charge in [0, 0.05) is 25.6 Å². The van der Waals surface area contributed by atoms with Crippen LogP contribution in [0.2, 0.25) is 0 Å². The molecule has 6 nitrogen and oxygen atoms in total. The third-order valence-corrected chi connectivity index (χ3v) is 7.13. The smallest absolute Gasteiger partial charge is 0.226 e. The van der Waals surface area contributed by atoms with Crippen LogP contribution in [0.5, 0.6) is 0 Å². The van der Waals surface area contributed by atoms with Crippen molar-refractivity contribution >= 4 is 33.3 Å². The number of benzene rings is 1. The van der Waals surface area contributed by atoms with Crippen LogP contribution in [0.15, 0.2) is 35.8 Å². The van der Waals surface area contributed by atoms with Crippen LogP contribution in [0.1, 0.15) is 30.5 Å². The predicted molar refractivity (Wildman–Crippen MR) is 115 cm³/mol. The van der Waals surface area contributed by atoms with Crippen molar-refractivity contribution in [3.63, 3.8) is 0 Å². The molecule has 0 N–H and O–H groups in total. The number of hydrogen-bond acceptors (Lipinski definition) is 6. The summed E-state index contributed by atoms with van der Waals surface area (Å²) >= 11 is 1.71. The molecule has 5 rings (SSSR count). The number of aryl methyl sites for hydroxylation is 2. The minimum absolute atomic E-state index is 0.157. The van der Waals surface area contributed by atoms with E-state index in [2.05, 4.69) is 43.2 Å². The number of fused-ring (bicyclic) bond motifs is 2. The molecule has 2 fully saturated rings. The van der Waals surface area contributed by atoms with Gasteiger partial charge in [0.25, 0.3) is 0 Å². The molecule has 0 unspecified atom stereocenters. The molecule has 0 saturated carbocycles. The minimum Gasteiger partial charge on any atom is -0.351 e. The minimum atomic E-state index is 0.157. The van der Waals surface area contributed by atoms with Gasteiger partial charge in [-0.25, -0.2) is 4.98 Å². The zero-order chi connectivity index (χ0) is 19.8. The van der Waals surface area contributed by atoms with Gasteiger partial charge in [-0.05, 0) is 56.4 Å². The molecule has 2 aliphatic rings. The van der Waals surface area contributed by atoms with Crippen molar-refractivity contribution in [1.82, 2.24) is 20.1 Å². The Morgan fingerprint density at radius 3 is 2.97 bits per heavy atom. The molecular formula is C22H25N5OS. The lowest BCUT2D eigenvalue weighted by molar-refractivity contribution is -0.132. The van der Waals surface area contributed by atoms with Crippen LogP contribution in [0.3, 0.4) is 0 Å². The summed E-state index contributed by atoms with van der Waals surface area (Å²) in [6.45, 7) is 4.43. The van der Waals surface area contributed by atoms with E-state index in [-0.39, 0.29) is 5.92 Å². The molecule has 1 amide bonds. The number of piperazine rings is 1. The van der Waals surface area contributed by atoms with Gasteiger partial charge in [-0.3, -0.25) is 4.79 Å². The third-order valence-electron chi connectivity index (χ3n) is 6.22. The van der Waals surface area contributed by atoms with Gasteiger partial charge < -0.3 is 9.80 Å². The molecule has 29 heavy (non-hydrogen) atoms. The Hall–Kier alpha value is -2.54. The second-order valence-electron chi connectivity index (χ2n) is 8.11. The number of amides is 1. The molecule has 0 bridgehead atoms. The number of anilines is 1. The van der Waals surface area contributed by atoms with Crippen LogP contribution >= 0.6 is 11.3 Å². The van der Waals surface area contributed by atoms with E-state index in [9.17, 15) is 4.79 Å². The van der Waals surface area contributed by atoms with Crippen LogP contribution < -0.4 is 4.90 Å². The molecule has 0 spiro atoms. The Kier molecular flexibility index (Phi) is 4.91. The van der Waals surface area contributed by atoms with Gasteiger partial charge in [0.2, 0.25) is 5.91 Å². The molecule has 3 aromatic rings. The lowest BCUT2D eigenvalue weighted by Gasteiger charge is -2.37. The quantitative estimate of drug-likeness (QED) is 0.648. The van der Waals surface area contributed by atoms with Gasteiger partial charge in [-0.1, -0.05) is 12.1 Å². The molecule has 0 aliphatic carbocycles. The van der Waals surface area contributed by atoms with E-state index in [1.165, 1.54) is 10.3 Å². The Balaban J connectivity index is 1.19. The second-order valence-corrected chi connectivity index (χ2v) is 8.96. The first kappa shape index (κ1) is 18.5. The average molecular weight is 408 g/mol. The first-order valence-corrected chi connectivity index (χ1v) is 11.2. The summed E-state index contributed by atoms with van der Waals surface area (Å²) in [6, 6.07) is 10.7. The van der Waals surface area contributed by atoms with Gasteiger partial charge >= 0.3 is 0 Å². The Morgan fingerprint density at radius 2 is 2.10 bits per heavy atom. The standard InChI is InChI=1S/C22H25N5OS/c1-15-8-9-20(25-24-15)26-10-11-27-18(13-26)12-17(22(27)28)6-2-4-16-5-3-7-19-21(16)29-14-23-19/h3,5,7-9,14,17-18H,2,4,6,10-13H2,1H3/t17-,18-/m0/s1. The van der Waals surface area contributed by atoms with Gasteiger partial charge in [0.15, 0.2) is 5.82 Å². The number of carbonyl (C=O) groups is 1. The fourth-order valence-electron chi connectivity index (χ4n) is 4.70. The summed E-state index contributed by atoms with van der Waals surface area (Å²) in [5.74, 6) is 1.43. The molecule has 0 radical (unpaired) electrons. The fourth-order valence-corrected chi connectivity index (χ4v) is 5.54. The Bertz CT molecular complexity index is 1020. The molecule has 150 valence electrons. The summed E-state index contributed by atoms with van der Waals surface area (Å²) in [4.78, 5) is 21.7. The van der Waals surface area contributed by atoms with Gasteiger partial charge in [0.1, 0.15) is 0 Å². The highest BCUT2D eigenvalue weighted by atomic mass is 32.1. The first-order chi connectivity index (χ1) is 14.2. The summed E-state index contributed by atoms with van der Waals surface area (Å²) in [5, 5.41) is 8.51. The Morgan fingerprint density at radius 1 is 1.17 bits per heavy atom. The molecule has 1 aromatic carbocycles. The zero-order valence-corrected chi connectivity index (χ0v) is 17.4. The molecule has 7 heteroatoms. The van der Waals surface area contributed by atoms with Crippen LogP contribution in [0, 0.1) is 12.8 Å². The van der Waals surface area contributed by atoms with Gasteiger partial charge in [-0.15, -0.1) is 16.4 Å². The second kappa shape index (κ2) is 7.71. The van der Waals surface area contributed by atoms with Crippen molar-refractivity contribution in [2.75, 3.05) is 24.5 Å². The number of carbonyl (C=O) groups excluding carboxylic acids is 1. The summed E-state index contributed by atoms with van der Waals surface area (Å²) in [7, 11) is 0. The normalized spacial score (nSPS) is 21.8. The summed E-state index contributed by atoms with van der Waals surface area (Å²) in [5.41, 5.74) is 5.28. The molecular weight excluding hydrogens is 382 g/mol. The van der Waals surface area contributed by atoms with Crippen molar-refractivity contribution in [2.24, 2.45) is 5.92 Å². The lowest BCUT2D eigenvalue weighted by atomic mass is 9.96. The van der Waals surface area contributed by atoms with Crippen LogP contribution in [-0.4, -0.2) is 51.7 Å². The largest absolute Gasteiger partial charge is 0.351 e. The average Bonchev–Trinajstić information content (AvgIpc) is 3.34. The number of hydrogen-bond donors (Lipinski definition) is 0. The van der Waals surface area contributed by atoms with Crippen LogP contribution in [0.4, 0.5) is 5.82 Å². The highest BCUT2D eigenvalue weighted by Crippen LogP contribution is 2.33. The zero-order valence-electron chi connectivity index (χ0n) is 16.6. The molecule has 2 aliphatic heterocycles. The van der Waals surface area contributed by atoms with Gasteiger partial charge in [0.05, 0.1) is 27.5 Å². The maximum absolute atomic E-state index is 12.9. The first-order valence-electron chi connectivity index (χ1n) is 10.4. The van der Waals surface area contributed by atoms with Crippen molar-refractivity contribution in [3.05, 3.63) is 47.1 Å².